The summed E-state index contributed by atoms with van der Waals surface area (Å²) in [5.41, 5.74) is 1.39. The van der Waals surface area contributed by atoms with Gasteiger partial charge in [-0.15, -0.1) is 11.3 Å². The first-order chi connectivity index (χ1) is 7.81. The van der Waals surface area contributed by atoms with Gasteiger partial charge in [-0.25, -0.2) is 0 Å². The SMILES string of the molecule is CCC(=O)CCCc1csc2ccccc12. The summed E-state index contributed by atoms with van der Waals surface area (Å²) < 4.78 is 1.35. The Bertz CT molecular complexity index is 484. The Morgan fingerprint density at radius 3 is 2.94 bits per heavy atom. The summed E-state index contributed by atoms with van der Waals surface area (Å²) in [6, 6.07) is 8.47. The molecule has 2 heteroatoms. The average Bonchev–Trinajstić information content (AvgIpc) is 2.73. The summed E-state index contributed by atoms with van der Waals surface area (Å²) in [6.07, 6.45) is 3.40. The quantitative estimate of drug-likeness (QED) is 0.755. The molecule has 1 aromatic heterocycles. The number of hydrogen-bond donors (Lipinski definition) is 0. The lowest BCUT2D eigenvalue weighted by Gasteiger charge is -1.99. The number of Topliss-reactive ketones (excluding diaryl/α,β-unsaturated/α-hetero) is 1. The number of carbonyl (C=O) groups is 1. The third-order valence-corrected chi connectivity index (χ3v) is 3.87. The van der Waals surface area contributed by atoms with Gasteiger partial charge >= 0.3 is 0 Å². The van der Waals surface area contributed by atoms with E-state index in [1.807, 2.05) is 6.92 Å². The lowest BCUT2D eigenvalue weighted by Crippen LogP contribution is -1.95. The maximum absolute atomic E-state index is 11.2. The van der Waals surface area contributed by atoms with Crippen molar-refractivity contribution in [1.29, 1.82) is 0 Å². The Hall–Kier alpha value is -1.15. The Morgan fingerprint density at radius 1 is 1.31 bits per heavy atom. The number of ketones is 1. The van der Waals surface area contributed by atoms with Gasteiger partial charge in [0.2, 0.25) is 0 Å². The van der Waals surface area contributed by atoms with Gasteiger partial charge in [0.25, 0.3) is 0 Å². The highest BCUT2D eigenvalue weighted by Crippen LogP contribution is 2.26. The molecule has 0 saturated carbocycles. The zero-order valence-corrected chi connectivity index (χ0v) is 10.3. The van der Waals surface area contributed by atoms with Gasteiger partial charge in [0.05, 0.1) is 0 Å². The molecule has 1 heterocycles. The van der Waals surface area contributed by atoms with Crippen LogP contribution in [0.25, 0.3) is 10.1 Å². The third-order valence-electron chi connectivity index (χ3n) is 2.86. The van der Waals surface area contributed by atoms with E-state index in [4.69, 9.17) is 0 Å². The van der Waals surface area contributed by atoms with E-state index >= 15 is 0 Å². The second-order valence-electron chi connectivity index (χ2n) is 4.00. The normalized spacial score (nSPS) is 10.8. The molecule has 0 aliphatic rings. The zero-order valence-electron chi connectivity index (χ0n) is 9.53. The minimum absolute atomic E-state index is 0.375. The van der Waals surface area contributed by atoms with Crippen molar-refractivity contribution in [3.63, 3.8) is 0 Å². The lowest BCUT2D eigenvalue weighted by atomic mass is 10.1. The van der Waals surface area contributed by atoms with Crippen LogP contribution in [-0.2, 0) is 11.2 Å². The molecule has 0 atom stereocenters. The largest absolute Gasteiger partial charge is 0.300 e. The van der Waals surface area contributed by atoms with Crippen LogP contribution in [0, 0.1) is 0 Å². The highest BCUT2D eigenvalue weighted by atomic mass is 32.1. The highest BCUT2D eigenvalue weighted by Gasteiger charge is 2.04. The first-order valence-electron chi connectivity index (χ1n) is 5.78. The number of benzene rings is 1. The highest BCUT2D eigenvalue weighted by molar-refractivity contribution is 7.17. The number of carbonyl (C=O) groups excluding carboxylic acids is 1. The Labute approximate surface area is 100 Å². The van der Waals surface area contributed by atoms with Crippen molar-refractivity contribution < 1.29 is 4.79 Å². The van der Waals surface area contributed by atoms with E-state index in [0.717, 1.165) is 19.3 Å². The summed E-state index contributed by atoms with van der Waals surface area (Å²) >= 11 is 1.79. The Balaban J connectivity index is 2.02. The molecule has 2 rings (SSSR count). The monoisotopic (exact) mass is 232 g/mol. The van der Waals surface area contributed by atoms with Crippen LogP contribution in [-0.4, -0.2) is 5.78 Å². The molecule has 0 saturated heterocycles. The minimum atomic E-state index is 0.375. The van der Waals surface area contributed by atoms with Gasteiger partial charge in [-0.05, 0) is 35.2 Å². The van der Waals surface area contributed by atoms with E-state index in [2.05, 4.69) is 29.6 Å². The van der Waals surface area contributed by atoms with E-state index < -0.39 is 0 Å². The number of fused-ring (bicyclic) bond motifs is 1. The molecule has 1 aromatic carbocycles. The molecule has 16 heavy (non-hydrogen) atoms. The van der Waals surface area contributed by atoms with Gasteiger partial charge in [-0.1, -0.05) is 25.1 Å². The summed E-state index contributed by atoms with van der Waals surface area (Å²) in [6.45, 7) is 1.93. The maximum atomic E-state index is 11.2. The summed E-state index contributed by atoms with van der Waals surface area (Å²) in [7, 11) is 0. The van der Waals surface area contributed by atoms with Gasteiger partial charge in [-0.2, -0.15) is 0 Å². The van der Waals surface area contributed by atoms with Crippen LogP contribution < -0.4 is 0 Å². The molecule has 0 radical (unpaired) electrons. The molecule has 0 amide bonds. The average molecular weight is 232 g/mol. The molecule has 84 valence electrons. The maximum Gasteiger partial charge on any atom is 0.132 e. The van der Waals surface area contributed by atoms with Crippen LogP contribution in [0.2, 0.25) is 0 Å². The standard InChI is InChI=1S/C14H16OS/c1-2-12(15)7-5-6-11-10-16-14-9-4-3-8-13(11)14/h3-4,8-10H,2,5-7H2,1H3. The van der Waals surface area contributed by atoms with E-state index in [9.17, 15) is 4.79 Å². The first-order valence-corrected chi connectivity index (χ1v) is 6.66. The van der Waals surface area contributed by atoms with Gasteiger partial charge in [0, 0.05) is 17.5 Å². The van der Waals surface area contributed by atoms with Crippen LogP contribution in [0.1, 0.15) is 31.7 Å². The van der Waals surface area contributed by atoms with Crippen molar-refractivity contribution >= 4 is 27.2 Å². The fourth-order valence-corrected chi connectivity index (χ4v) is 2.88. The smallest absolute Gasteiger partial charge is 0.132 e. The summed E-state index contributed by atoms with van der Waals surface area (Å²) in [5, 5.41) is 3.58. The predicted molar refractivity (Wildman–Crippen MR) is 70.1 cm³/mol. The molecular formula is C14H16OS. The summed E-state index contributed by atoms with van der Waals surface area (Å²) in [5.74, 6) is 0.375. The van der Waals surface area contributed by atoms with Crippen molar-refractivity contribution in [1.82, 2.24) is 0 Å². The molecule has 0 N–H and O–H groups in total. The lowest BCUT2D eigenvalue weighted by molar-refractivity contribution is -0.118. The van der Waals surface area contributed by atoms with Crippen molar-refractivity contribution in [2.75, 3.05) is 0 Å². The zero-order chi connectivity index (χ0) is 11.4. The van der Waals surface area contributed by atoms with Crippen LogP contribution in [0.3, 0.4) is 0 Å². The summed E-state index contributed by atoms with van der Waals surface area (Å²) in [4.78, 5) is 11.2. The van der Waals surface area contributed by atoms with E-state index in [1.54, 1.807) is 11.3 Å². The molecule has 0 fully saturated rings. The fourth-order valence-electron chi connectivity index (χ4n) is 1.88. The first kappa shape index (κ1) is 11.3. The minimum Gasteiger partial charge on any atom is -0.300 e. The van der Waals surface area contributed by atoms with Gasteiger partial charge in [0.15, 0.2) is 0 Å². The molecule has 0 aliphatic heterocycles. The van der Waals surface area contributed by atoms with Crippen molar-refractivity contribution in [2.24, 2.45) is 0 Å². The molecule has 2 aromatic rings. The number of thiophene rings is 1. The number of rotatable bonds is 5. The van der Waals surface area contributed by atoms with E-state index in [0.29, 0.717) is 12.2 Å². The van der Waals surface area contributed by atoms with Crippen molar-refractivity contribution in [3.8, 4) is 0 Å². The Kier molecular flexibility index (Phi) is 3.73. The second-order valence-corrected chi connectivity index (χ2v) is 4.91. The topological polar surface area (TPSA) is 17.1 Å². The molecule has 0 unspecified atom stereocenters. The van der Waals surface area contributed by atoms with Crippen LogP contribution in [0.4, 0.5) is 0 Å². The van der Waals surface area contributed by atoms with Crippen LogP contribution in [0.15, 0.2) is 29.6 Å². The Morgan fingerprint density at radius 2 is 2.12 bits per heavy atom. The molecular weight excluding hydrogens is 216 g/mol. The van der Waals surface area contributed by atoms with Crippen molar-refractivity contribution in [3.05, 3.63) is 35.2 Å². The van der Waals surface area contributed by atoms with Crippen molar-refractivity contribution in [2.45, 2.75) is 32.6 Å². The third kappa shape index (κ3) is 2.50. The van der Waals surface area contributed by atoms with E-state index in [-0.39, 0.29) is 0 Å². The molecule has 0 bridgehead atoms. The van der Waals surface area contributed by atoms with Crippen LogP contribution >= 0.6 is 11.3 Å². The second kappa shape index (κ2) is 5.26. The van der Waals surface area contributed by atoms with Crippen LogP contribution in [0.5, 0.6) is 0 Å². The fraction of sp³-hybridized carbons (Fsp3) is 0.357. The van der Waals surface area contributed by atoms with E-state index in [1.165, 1.54) is 15.6 Å². The predicted octanol–water partition coefficient (Wildman–Crippen LogP) is 4.20. The van der Waals surface area contributed by atoms with Gasteiger partial charge in [0.1, 0.15) is 5.78 Å². The molecule has 0 aliphatic carbocycles. The number of aryl methyl sites for hydroxylation is 1. The molecule has 1 nitrogen and oxygen atoms in total. The number of hydrogen-bond acceptors (Lipinski definition) is 2. The van der Waals surface area contributed by atoms with Gasteiger partial charge < -0.3 is 0 Å². The van der Waals surface area contributed by atoms with Gasteiger partial charge in [-0.3, -0.25) is 4.79 Å². The molecule has 0 spiro atoms.